The fourth-order valence-electron chi connectivity index (χ4n) is 2.37. The quantitative estimate of drug-likeness (QED) is 0.624. The molecule has 0 bridgehead atoms. The van der Waals surface area contributed by atoms with Gasteiger partial charge in [-0.1, -0.05) is 0 Å². The average molecular weight is 188 g/mol. The largest absolute Gasteiger partial charge is 0.333 e. The van der Waals surface area contributed by atoms with Gasteiger partial charge >= 0.3 is 0 Å². The van der Waals surface area contributed by atoms with Crippen LogP contribution in [0.3, 0.4) is 0 Å². The molecule has 0 aromatic heterocycles. The van der Waals surface area contributed by atoms with Crippen LogP contribution in [0.1, 0.15) is 26.7 Å². The maximum atomic E-state index is 5.45. The van der Waals surface area contributed by atoms with Gasteiger partial charge in [-0.3, -0.25) is 4.48 Å². The molecule has 0 aliphatic carbocycles. The summed E-state index contributed by atoms with van der Waals surface area (Å²) in [7, 11) is 3.57. The van der Waals surface area contributed by atoms with Crippen LogP contribution in [0.15, 0.2) is 0 Å². The summed E-state index contributed by atoms with van der Waals surface area (Å²) in [6.45, 7) is 6.65. The fourth-order valence-corrected chi connectivity index (χ4v) is 2.37. The first-order valence-corrected chi connectivity index (χ1v) is 5.09. The van der Waals surface area contributed by atoms with Crippen LogP contribution in [-0.4, -0.2) is 44.2 Å². The smallest absolute Gasteiger partial charge is 0.192 e. The lowest BCUT2D eigenvalue weighted by Crippen LogP contribution is -2.58. The SMILES string of the molecule is COC(C)[N+]1(C(C)OC)CCCC1. The first kappa shape index (κ1) is 11.0. The molecule has 0 aromatic carbocycles. The number of rotatable bonds is 4. The third-order valence-electron chi connectivity index (χ3n) is 3.53. The monoisotopic (exact) mass is 188 g/mol. The molecule has 0 spiro atoms. The lowest BCUT2D eigenvalue weighted by Gasteiger charge is -2.42. The fraction of sp³-hybridized carbons (Fsp3) is 1.00. The maximum absolute atomic E-state index is 5.45. The van der Waals surface area contributed by atoms with Crippen molar-refractivity contribution < 1.29 is 14.0 Å². The molecule has 13 heavy (non-hydrogen) atoms. The molecule has 1 saturated heterocycles. The summed E-state index contributed by atoms with van der Waals surface area (Å²) in [5, 5.41) is 0. The number of methoxy groups -OCH3 is 2. The van der Waals surface area contributed by atoms with Crippen LogP contribution in [-0.2, 0) is 9.47 Å². The molecule has 1 aliphatic heterocycles. The van der Waals surface area contributed by atoms with E-state index in [0.717, 1.165) is 4.48 Å². The Morgan fingerprint density at radius 1 is 0.923 bits per heavy atom. The molecule has 2 unspecified atom stereocenters. The molecule has 0 N–H and O–H groups in total. The molecule has 1 aliphatic rings. The van der Waals surface area contributed by atoms with E-state index in [1.165, 1.54) is 25.9 Å². The van der Waals surface area contributed by atoms with Gasteiger partial charge in [0, 0.05) is 40.9 Å². The molecule has 78 valence electrons. The van der Waals surface area contributed by atoms with Gasteiger partial charge in [-0.25, -0.2) is 0 Å². The molecular formula is C10H22NO2+. The summed E-state index contributed by atoms with van der Waals surface area (Å²) >= 11 is 0. The van der Waals surface area contributed by atoms with Crippen LogP contribution in [0, 0.1) is 0 Å². The lowest BCUT2D eigenvalue weighted by atomic mass is 10.3. The Kier molecular flexibility index (Phi) is 3.71. The first-order valence-electron chi connectivity index (χ1n) is 5.09. The van der Waals surface area contributed by atoms with Crippen LogP contribution < -0.4 is 0 Å². The Labute approximate surface area is 81.2 Å². The average Bonchev–Trinajstić information content (AvgIpc) is 2.65. The Balaban J connectivity index is 2.73. The van der Waals surface area contributed by atoms with Crippen molar-refractivity contribution in [2.24, 2.45) is 0 Å². The van der Waals surface area contributed by atoms with Crippen molar-refractivity contribution in [2.75, 3.05) is 27.3 Å². The predicted molar refractivity (Wildman–Crippen MR) is 52.2 cm³/mol. The van der Waals surface area contributed by atoms with E-state index < -0.39 is 0 Å². The van der Waals surface area contributed by atoms with Crippen molar-refractivity contribution in [1.29, 1.82) is 0 Å². The minimum absolute atomic E-state index is 0.248. The van der Waals surface area contributed by atoms with Gasteiger partial charge in [0.05, 0.1) is 13.1 Å². The summed E-state index contributed by atoms with van der Waals surface area (Å²) in [5.74, 6) is 0. The Morgan fingerprint density at radius 2 is 1.31 bits per heavy atom. The summed E-state index contributed by atoms with van der Waals surface area (Å²) in [4.78, 5) is 0. The zero-order valence-electron chi connectivity index (χ0n) is 9.25. The molecule has 1 fully saturated rings. The van der Waals surface area contributed by atoms with Crippen LogP contribution in [0.25, 0.3) is 0 Å². The lowest BCUT2D eigenvalue weighted by molar-refractivity contribution is -0.997. The highest BCUT2D eigenvalue weighted by Gasteiger charge is 2.42. The number of likely N-dealkylation sites (tertiary alicyclic amines) is 1. The molecule has 1 rings (SSSR count). The molecule has 0 saturated carbocycles. The molecule has 0 radical (unpaired) electrons. The second-order valence-electron chi connectivity index (χ2n) is 3.93. The Morgan fingerprint density at radius 3 is 1.62 bits per heavy atom. The van der Waals surface area contributed by atoms with Crippen molar-refractivity contribution in [3.8, 4) is 0 Å². The van der Waals surface area contributed by atoms with E-state index in [4.69, 9.17) is 9.47 Å². The third kappa shape index (κ3) is 1.87. The highest BCUT2D eigenvalue weighted by atomic mass is 16.5. The topological polar surface area (TPSA) is 18.5 Å². The number of ether oxygens (including phenoxy) is 2. The third-order valence-corrected chi connectivity index (χ3v) is 3.53. The van der Waals surface area contributed by atoms with Crippen LogP contribution in [0.5, 0.6) is 0 Å². The highest BCUT2D eigenvalue weighted by Crippen LogP contribution is 2.28. The summed E-state index contributed by atoms with van der Waals surface area (Å²) < 4.78 is 11.9. The van der Waals surface area contributed by atoms with E-state index in [-0.39, 0.29) is 12.5 Å². The summed E-state index contributed by atoms with van der Waals surface area (Å²) in [6, 6.07) is 0. The van der Waals surface area contributed by atoms with E-state index in [1.807, 2.05) is 0 Å². The van der Waals surface area contributed by atoms with Gasteiger partial charge in [-0.2, -0.15) is 0 Å². The Bertz CT molecular complexity index is 143. The standard InChI is InChI=1S/C10H22NO2/c1-9(12-3)11(10(2)13-4)7-5-6-8-11/h9-10H,5-8H2,1-4H3/q+1. The van der Waals surface area contributed by atoms with Crippen molar-refractivity contribution >= 4 is 0 Å². The maximum Gasteiger partial charge on any atom is 0.192 e. The van der Waals surface area contributed by atoms with Crippen LogP contribution >= 0.6 is 0 Å². The first-order chi connectivity index (χ1) is 6.17. The van der Waals surface area contributed by atoms with Gasteiger partial charge in [-0.05, 0) is 0 Å². The van der Waals surface area contributed by atoms with Crippen molar-refractivity contribution in [3.05, 3.63) is 0 Å². The zero-order valence-corrected chi connectivity index (χ0v) is 9.25. The predicted octanol–water partition coefficient (Wildman–Crippen LogP) is 1.58. The van der Waals surface area contributed by atoms with E-state index in [9.17, 15) is 0 Å². The minimum Gasteiger partial charge on any atom is -0.333 e. The van der Waals surface area contributed by atoms with Gasteiger partial charge in [-0.15, -0.1) is 0 Å². The molecule has 2 atom stereocenters. The van der Waals surface area contributed by atoms with Gasteiger partial charge in [0.25, 0.3) is 0 Å². The molecular weight excluding hydrogens is 166 g/mol. The minimum atomic E-state index is 0.248. The second kappa shape index (κ2) is 4.40. The highest BCUT2D eigenvalue weighted by molar-refractivity contribution is 4.57. The number of hydrogen-bond acceptors (Lipinski definition) is 2. The summed E-state index contributed by atoms with van der Waals surface area (Å²) in [5.41, 5.74) is 0. The Hall–Kier alpha value is -0.120. The van der Waals surface area contributed by atoms with E-state index in [2.05, 4.69) is 13.8 Å². The molecule has 3 nitrogen and oxygen atoms in total. The summed E-state index contributed by atoms with van der Waals surface area (Å²) in [6.07, 6.45) is 3.08. The number of nitrogens with zero attached hydrogens (tertiary/aromatic N) is 1. The van der Waals surface area contributed by atoms with Crippen molar-refractivity contribution in [2.45, 2.75) is 39.1 Å². The van der Waals surface area contributed by atoms with Crippen molar-refractivity contribution in [3.63, 3.8) is 0 Å². The van der Waals surface area contributed by atoms with E-state index >= 15 is 0 Å². The number of hydrogen-bond donors (Lipinski definition) is 0. The van der Waals surface area contributed by atoms with Crippen LogP contribution in [0.4, 0.5) is 0 Å². The molecule has 0 aromatic rings. The van der Waals surface area contributed by atoms with Gasteiger partial charge in [0.2, 0.25) is 0 Å². The van der Waals surface area contributed by atoms with Gasteiger partial charge in [0.15, 0.2) is 12.5 Å². The van der Waals surface area contributed by atoms with Crippen LogP contribution in [0.2, 0.25) is 0 Å². The molecule has 0 amide bonds. The van der Waals surface area contributed by atoms with Gasteiger partial charge in [0.1, 0.15) is 0 Å². The zero-order chi connectivity index (χ0) is 9.90. The molecule has 3 heteroatoms. The number of quaternary nitrogens is 1. The van der Waals surface area contributed by atoms with Crippen molar-refractivity contribution in [1.82, 2.24) is 0 Å². The second-order valence-corrected chi connectivity index (χ2v) is 3.93. The van der Waals surface area contributed by atoms with E-state index in [1.54, 1.807) is 14.2 Å². The van der Waals surface area contributed by atoms with Gasteiger partial charge < -0.3 is 9.47 Å². The van der Waals surface area contributed by atoms with E-state index in [0.29, 0.717) is 0 Å². The molecule has 1 heterocycles. The normalized spacial score (nSPS) is 25.8.